The Morgan fingerprint density at radius 3 is 0.974 bits per heavy atom. The SMILES string of the molecule is O=C(O)CCC(=O)OCC(F)(F)OC(F)(F)C(F)(F)OC(F)(F)C(F)(F)OC(F)(F)COC(=O)CCC(=O)O. The Hall–Kier alpha value is -3.08. The molecule has 0 aliphatic heterocycles. The summed E-state index contributed by atoms with van der Waals surface area (Å²) in [6.45, 7) is -5.30. The molecule has 0 bridgehead atoms. The molecular formula is C16H14F12O11. The largest absolute Gasteiger partial charge is 0.481 e. The Labute approximate surface area is 206 Å². The molecular weight excluding hydrogens is 596 g/mol. The molecule has 0 saturated heterocycles. The van der Waals surface area contributed by atoms with Crippen molar-refractivity contribution in [3.05, 3.63) is 0 Å². The number of carbonyl (C=O) groups is 4. The van der Waals surface area contributed by atoms with E-state index in [1.807, 2.05) is 0 Å². The lowest BCUT2D eigenvalue weighted by molar-refractivity contribution is -0.558. The molecule has 23 heteroatoms. The summed E-state index contributed by atoms with van der Waals surface area (Å²) in [7, 11) is 0. The maximum atomic E-state index is 13.4. The quantitative estimate of drug-likeness (QED) is 0.173. The number of ether oxygens (including phenoxy) is 5. The van der Waals surface area contributed by atoms with Gasteiger partial charge in [-0.05, 0) is 0 Å². The van der Waals surface area contributed by atoms with E-state index in [-0.39, 0.29) is 0 Å². The normalized spacial score (nSPS) is 13.6. The molecule has 39 heavy (non-hydrogen) atoms. The predicted molar refractivity (Wildman–Crippen MR) is 88.6 cm³/mol. The van der Waals surface area contributed by atoms with Crippen LogP contribution in [-0.4, -0.2) is 84.0 Å². The number of esters is 2. The second-order valence-electron chi connectivity index (χ2n) is 6.76. The molecule has 0 heterocycles. The van der Waals surface area contributed by atoms with Crippen molar-refractivity contribution < 1.29 is 106 Å². The zero-order valence-corrected chi connectivity index (χ0v) is 18.3. The van der Waals surface area contributed by atoms with E-state index in [4.69, 9.17) is 10.2 Å². The third-order valence-corrected chi connectivity index (χ3v) is 3.38. The van der Waals surface area contributed by atoms with Crippen LogP contribution in [0.2, 0.25) is 0 Å². The van der Waals surface area contributed by atoms with Gasteiger partial charge in [0.05, 0.1) is 25.7 Å². The molecule has 228 valence electrons. The van der Waals surface area contributed by atoms with Crippen molar-refractivity contribution in [3.8, 4) is 0 Å². The zero-order valence-electron chi connectivity index (χ0n) is 18.3. The average Bonchev–Trinajstić information content (AvgIpc) is 2.71. The lowest BCUT2D eigenvalue weighted by atomic mass is 10.3. The fourth-order valence-electron chi connectivity index (χ4n) is 1.72. The van der Waals surface area contributed by atoms with Crippen LogP contribution in [0.15, 0.2) is 0 Å². The Morgan fingerprint density at radius 1 is 0.462 bits per heavy atom. The highest BCUT2D eigenvalue weighted by Crippen LogP contribution is 2.48. The summed E-state index contributed by atoms with van der Waals surface area (Å²) in [5.74, 6) is -6.95. The summed E-state index contributed by atoms with van der Waals surface area (Å²) in [6, 6.07) is 0. The summed E-state index contributed by atoms with van der Waals surface area (Å²) in [6.07, 6.45) is -43.9. The number of hydrogen-bond donors (Lipinski definition) is 2. The van der Waals surface area contributed by atoms with E-state index in [2.05, 4.69) is 18.9 Å². The van der Waals surface area contributed by atoms with Crippen molar-refractivity contribution >= 4 is 23.9 Å². The highest BCUT2D eigenvalue weighted by atomic mass is 19.4. The summed E-state index contributed by atoms with van der Waals surface area (Å²) >= 11 is 0. The first-order valence-corrected chi connectivity index (χ1v) is 9.36. The Morgan fingerprint density at radius 2 is 0.718 bits per heavy atom. The first-order valence-electron chi connectivity index (χ1n) is 9.36. The van der Waals surface area contributed by atoms with Gasteiger partial charge in [0.25, 0.3) is 0 Å². The predicted octanol–water partition coefficient (Wildman–Crippen LogP) is 3.41. The fourth-order valence-corrected chi connectivity index (χ4v) is 1.72. The number of carbonyl (C=O) groups excluding carboxylic acids is 2. The van der Waals surface area contributed by atoms with Gasteiger partial charge in [0.15, 0.2) is 13.2 Å². The van der Waals surface area contributed by atoms with Crippen molar-refractivity contribution in [2.24, 2.45) is 0 Å². The second-order valence-corrected chi connectivity index (χ2v) is 6.76. The minimum Gasteiger partial charge on any atom is -0.481 e. The molecule has 0 aromatic carbocycles. The van der Waals surface area contributed by atoms with Gasteiger partial charge in [-0.2, -0.15) is 52.7 Å². The number of halogens is 12. The van der Waals surface area contributed by atoms with E-state index in [9.17, 15) is 71.9 Å². The third kappa shape index (κ3) is 12.5. The first kappa shape index (κ1) is 35.9. The van der Waals surface area contributed by atoms with Gasteiger partial charge in [-0.15, -0.1) is 0 Å². The summed E-state index contributed by atoms with van der Waals surface area (Å²) in [5.41, 5.74) is 0. The monoisotopic (exact) mass is 610 g/mol. The summed E-state index contributed by atoms with van der Waals surface area (Å²) in [5, 5.41) is 16.5. The topological polar surface area (TPSA) is 155 Å². The van der Waals surface area contributed by atoms with Gasteiger partial charge in [-0.3, -0.25) is 19.2 Å². The number of aliphatic carboxylic acids is 2. The van der Waals surface area contributed by atoms with Crippen LogP contribution in [0.5, 0.6) is 0 Å². The smallest absolute Gasteiger partial charge is 0.453 e. The maximum absolute atomic E-state index is 13.4. The molecule has 0 rings (SSSR count). The van der Waals surface area contributed by atoms with E-state index >= 15 is 0 Å². The molecule has 0 spiro atoms. The van der Waals surface area contributed by atoms with Crippen molar-refractivity contribution in [3.63, 3.8) is 0 Å². The average molecular weight is 610 g/mol. The van der Waals surface area contributed by atoms with E-state index in [1.54, 1.807) is 4.74 Å². The number of rotatable bonds is 18. The fraction of sp³-hybridized carbons (Fsp3) is 0.750. The van der Waals surface area contributed by atoms with Crippen LogP contribution < -0.4 is 0 Å². The van der Waals surface area contributed by atoms with Crippen LogP contribution in [0.3, 0.4) is 0 Å². The molecule has 0 aromatic heterocycles. The second kappa shape index (κ2) is 12.8. The number of hydrogen-bond acceptors (Lipinski definition) is 9. The van der Waals surface area contributed by atoms with E-state index in [0.29, 0.717) is 0 Å². The van der Waals surface area contributed by atoms with Gasteiger partial charge in [0.1, 0.15) is 0 Å². The molecule has 0 aliphatic rings. The van der Waals surface area contributed by atoms with Crippen LogP contribution in [0.25, 0.3) is 0 Å². The molecule has 2 N–H and O–H groups in total. The van der Waals surface area contributed by atoms with Gasteiger partial charge >= 0.3 is 60.5 Å². The molecule has 0 aliphatic carbocycles. The highest BCUT2D eigenvalue weighted by Gasteiger charge is 2.74. The zero-order chi connectivity index (χ0) is 31.1. The molecule has 0 unspecified atom stereocenters. The van der Waals surface area contributed by atoms with Crippen LogP contribution >= 0.6 is 0 Å². The molecule has 11 nitrogen and oxygen atoms in total. The Kier molecular flexibility index (Phi) is 11.8. The number of carboxylic acid groups (broad SMARTS) is 2. The van der Waals surface area contributed by atoms with E-state index < -0.39 is 99.4 Å². The van der Waals surface area contributed by atoms with Gasteiger partial charge in [0.2, 0.25) is 0 Å². The highest BCUT2D eigenvalue weighted by molar-refractivity contribution is 5.77. The lowest BCUT2D eigenvalue weighted by Gasteiger charge is -2.34. The molecule has 0 fully saturated rings. The molecule has 0 amide bonds. The number of alkyl halides is 12. The molecule has 0 aromatic rings. The van der Waals surface area contributed by atoms with Crippen molar-refractivity contribution in [2.45, 2.75) is 62.3 Å². The standard InChI is InChI=1S/C16H14F12O11/c17-11(18,5-35-9(33)3-1-7(29)30)37-13(21,22)15(25,26)39-16(27,28)14(23,24)38-12(19,20)6-36-10(34)4-2-8(31)32/h1-6H2,(H,29,30)(H,31,32). The molecule has 0 saturated carbocycles. The van der Waals surface area contributed by atoms with E-state index in [0.717, 1.165) is 0 Å². The van der Waals surface area contributed by atoms with Crippen molar-refractivity contribution in [1.29, 1.82) is 0 Å². The van der Waals surface area contributed by atoms with Crippen LogP contribution in [0.1, 0.15) is 25.7 Å². The lowest BCUT2D eigenvalue weighted by Crippen LogP contribution is -2.58. The minimum atomic E-state index is -7.17. The first-order chi connectivity index (χ1) is 17.2. The van der Waals surface area contributed by atoms with Gasteiger partial charge in [0, 0.05) is 0 Å². The van der Waals surface area contributed by atoms with Crippen LogP contribution in [-0.2, 0) is 42.9 Å². The van der Waals surface area contributed by atoms with E-state index in [1.165, 1.54) is 0 Å². The van der Waals surface area contributed by atoms with Gasteiger partial charge in [-0.25, -0.2) is 14.2 Å². The Bertz CT molecular complexity index is 824. The van der Waals surface area contributed by atoms with Crippen LogP contribution in [0, 0.1) is 0 Å². The van der Waals surface area contributed by atoms with Crippen molar-refractivity contribution in [1.82, 2.24) is 0 Å². The third-order valence-electron chi connectivity index (χ3n) is 3.38. The molecule has 0 atom stereocenters. The van der Waals surface area contributed by atoms with Crippen LogP contribution in [0.4, 0.5) is 52.7 Å². The maximum Gasteiger partial charge on any atom is 0.453 e. The Balaban J connectivity index is 5.35. The van der Waals surface area contributed by atoms with Crippen molar-refractivity contribution in [2.75, 3.05) is 13.2 Å². The summed E-state index contributed by atoms with van der Waals surface area (Å²) < 4.78 is 174. The summed E-state index contributed by atoms with van der Waals surface area (Å²) in [4.78, 5) is 42.3. The minimum absolute atomic E-state index is 1.02. The molecule has 0 radical (unpaired) electrons. The van der Waals surface area contributed by atoms with Gasteiger partial charge in [-0.1, -0.05) is 0 Å². The number of carboxylic acids is 2. The van der Waals surface area contributed by atoms with Gasteiger partial charge < -0.3 is 19.7 Å².